The predicted octanol–water partition coefficient (Wildman–Crippen LogP) is 3.07. The molecule has 0 saturated heterocycles. The summed E-state index contributed by atoms with van der Waals surface area (Å²) in [5, 5.41) is 0. The smallest absolute Gasteiger partial charge is 0.142 e. The van der Waals surface area contributed by atoms with Gasteiger partial charge in [-0.15, -0.1) is 0 Å². The molecule has 0 spiro atoms. The van der Waals surface area contributed by atoms with Gasteiger partial charge in [-0.3, -0.25) is 0 Å². The monoisotopic (exact) mass is 284 g/mol. The van der Waals surface area contributed by atoms with E-state index in [4.69, 9.17) is 4.74 Å². The van der Waals surface area contributed by atoms with Crippen LogP contribution in [0.3, 0.4) is 0 Å². The number of nitrogens with zero attached hydrogens (tertiary/aromatic N) is 1. The lowest BCUT2D eigenvalue weighted by atomic mass is 10.0. The molecule has 1 aliphatic heterocycles. The van der Waals surface area contributed by atoms with Crippen LogP contribution in [-0.4, -0.2) is 16.0 Å². The van der Waals surface area contributed by atoms with Crippen LogP contribution in [0.5, 0.6) is 5.75 Å². The molecule has 0 amide bonds. The average Bonchev–Trinajstić information content (AvgIpc) is 2.80. The molecule has 0 radical (unpaired) electrons. The van der Waals surface area contributed by atoms with E-state index in [1.807, 2.05) is 6.07 Å². The summed E-state index contributed by atoms with van der Waals surface area (Å²) in [4.78, 5) is 4.51. The molecule has 0 aromatic carbocycles. The van der Waals surface area contributed by atoms with E-state index in [-0.39, 0.29) is 5.92 Å². The highest BCUT2D eigenvalue weighted by Gasteiger charge is 2.29. The number of nitrogens with one attached hydrogen (secondary N) is 1. The Morgan fingerprint density at radius 2 is 2.47 bits per heavy atom. The highest BCUT2D eigenvalue weighted by molar-refractivity contribution is 9.10. The van der Waals surface area contributed by atoms with Gasteiger partial charge in [0.05, 0.1) is 21.9 Å². The van der Waals surface area contributed by atoms with Crippen molar-refractivity contribution in [3.05, 3.63) is 33.0 Å². The molecule has 3 nitrogen and oxygen atoms in total. The number of aryl methyl sites for hydroxylation is 1. The van der Waals surface area contributed by atoms with Crippen molar-refractivity contribution in [2.24, 2.45) is 0 Å². The lowest BCUT2D eigenvalue weighted by molar-refractivity contribution is 0.341. The Morgan fingerprint density at radius 1 is 1.60 bits per heavy atom. The zero-order valence-corrected chi connectivity index (χ0v) is 10.5. The molecule has 2 aromatic heterocycles. The van der Waals surface area contributed by atoms with E-state index in [2.05, 4.69) is 38.3 Å². The second kappa shape index (κ2) is 3.35. The van der Waals surface area contributed by atoms with Crippen molar-refractivity contribution in [1.82, 2.24) is 9.36 Å². The van der Waals surface area contributed by atoms with Gasteiger partial charge in [0.1, 0.15) is 12.4 Å². The normalized spacial score (nSPS) is 18.9. The standard InChI is InChI=1S/C10H9BrN2OS/c1-5-2-7(13-15-5)6-4-14-8-3-9(11)12-10(6)8/h2-3,6,12H,4H2,1H3. The Hall–Kier alpha value is -0.810. The van der Waals surface area contributed by atoms with Gasteiger partial charge >= 0.3 is 0 Å². The van der Waals surface area contributed by atoms with Crippen molar-refractivity contribution in [2.45, 2.75) is 12.8 Å². The van der Waals surface area contributed by atoms with E-state index in [0.29, 0.717) is 6.61 Å². The van der Waals surface area contributed by atoms with Gasteiger partial charge in [-0.2, -0.15) is 4.37 Å². The maximum absolute atomic E-state index is 5.60. The molecule has 1 aliphatic rings. The maximum atomic E-state index is 5.60. The number of fused-ring (bicyclic) bond motifs is 1. The van der Waals surface area contributed by atoms with Gasteiger partial charge in [0.2, 0.25) is 0 Å². The van der Waals surface area contributed by atoms with Gasteiger partial charge in [0.25, 0.3) is 0 Å². The molecule has 0 saturated carbocycles. The second-order valence-corrected chi connectivity index (χ2v) is 5.48. The van der Waals surface area contributed by atoms with E-state index in [1.54, 1.807) is 11.5 Å². The molecule has 3 rings (SSSR count). The van der Waals surface area contributed by atoms with Gasteiger partial charge < -0.3 is 9.72 Å². The summed E-state index contributed by atoms with van der Waals surface area (Å²) in [5.74, 6) is 1.20. The molecule has 78 valence electrons. The van der Waals surface area contributed by atoms with Gasteiger partial charge in [-0.25, -0.2) is 0 Å². The lowest BCUT2D eigenvalue weighted by Crippen LogP contribution is -2.03. The van der Waals surface area contributed by atoms with Crippen LogP contribution < -0.4 is 4.74 Å². The van der Waals surface area contributed by atoms with Crippen LogP contribution in [0.4, 0.5) is 0 Å². The quantitative estimate of drug-likeness (QED) is 0.874. The summed E-state index contributed by atoms with van der Waals surface area (Å²) < 4.78 is 11.0. The van der Waals surface area contributed by atoms with Gasteiger partial charge in [-0.1, -0.05) is 0 Å². The second-order valence-electron chi connectivity index (χ2n) is 3.62. The Kier molecular flexibility index (Phi) is 2.10. The molecule has 1 atom stereocenters. The molecule has 0 fully saturated rings. The van der Waals surface area contributed by atoms with Crippen molar-refractivity contribution in [3.63, 3.8) is 0 Å². The minimum absolute atomic E-state index is 0.260. The van der Waals surface area contributed by atoms with Crippen LogP contribution >= 0.6 is 27.5 Å². The molecule has 2 aromatic rings. The Bertz CT molecular complexity index is 505. The topological polar surface area (TPSA) is 37.9 Å². The summed E-state index contributed by atoms with van der Waals surface area (Å²) in [7, 11) is 0. The first-order chi connectivity index (χ1) is 7.24. The minimum atomic E-state index is 0.260. The third-order valence-corrected chi connectivity index (χ3v) is 3.67. The number of rotatable bonds is 1. The van der Waals surface area contributed by atoms with Crippen LogP contribution in [0.15, 0.2) is 16.7 Å². The molecule has 0 aliphatic carbocycles. The first-order valence-electron chi connectivity index (χ1n) is 4.68. The Balaban J connectivity index is 2.02. The largest absolute Gasteiger partial charge is 0.491 e. The van der Waals surface area contributed by atoms with Crippen LogP contribution in [0, 0.1) is 6.92 Å². The molecule has 15 heavy (non-hydrogen) atoms. The maximum Gasteiger partial charge on any atom is 0.142 e. The molecule has 3 heterocycles. The third kappa shape index (κ3) is 1.50. The number of aromatic amines is 1. The number of hydrogen-bond acceptors (Lipinski definition) is 3. The summed E-state index contributed by atoms with van der Waals surface area (Å²) >= 11 is 4.95. The molecular weight excluding hydrogens is 276 g/mol. The first kappa shape index (κ1) is 9.42. The van der Waals surface area contributed by atoms with E-state index in [0.717, 1.165) is 21.7 Å². The molecule has 5 heteroatoms. The summed E-state index contributed by atoms with van der Waals surface area (Å²) in [6.45, 7) is 2.76. The van der Waals surface area contributed by atoms with Gasteiger partial charge in [-0.05, 0) is 40.5 Å². The summed E-state index contributed by atoms with van der Waals surface area (Å²) in [6.07, 6.45) is 0. The predicted molar refractivity (Wildman–Crippen MR) is 62.7 cm³/mol. The number of halogens is 1. The van der Waals surface area contributed by atoms with E-state index < -0.39 is 0 Å². The van der Waals surface area contributed by atoms with Gasteiger partial charge in [0, 0.05) is 10.9 Å². The molecular formula is C10H9BrN2OS. The Morgan fingerprint density at radius 3 is 3.20 bits per heavy atom. The Labute approximate surface area is 99.8 Å². The fourth-order valence-electron chi connectivity index (χ4n) is 1.84. The number of ether oxygens (including phenoxy) is 1. The highest BCUT2D eigenvalue weighted by atomic mass is 79.9. The van der Waals surface area contributed by atoms with Gasteiger partial charge in [0.15, 0.2) is 0 Å². The van der Waals surface area contributed by atoms with E-state index in [1.165, 1.54) is 4.88 Å². The fourth-order valence-corrected chi connectivity index (χ4v) is 2.86. The van der Waals surface area contributed by atoms with Crippen molar-refractivity contribution in [3.8, 4) is 5.75 Å². The van der Waals surface area contributed by atoms with Crippen LogP contribution in [0.1, 0.15) is 22.2 Å². The summed E-state index contributed by atoms with van der Waals surface area (Å²) in [5.41, 5.74) is 2.23. The van der Waals surface area contributed by atoms with Crippen molar-refractivity contribution in [1.29, 1.82) is 0 Å². The minimum Gasteiger partial charge on any atom is -0.491 e. The van der Waals surface area contributed by atoms with Crippen LogP contribution in [0.25, 0.3) is 0 Å². The van der Waals surface area contributed by atoms with Crippen molar-refractivity contribution >= 4 is 27.5 Å². The summed E-state index contributed by atoms with van der Waals surface area (Å²) in [6, 6.07) is 4.09. The van der Waals surface area contributed by atoms with Crippen molar-refractivity contribution < 1.29 is 4.74 Å². The zero-order valence-electron chi connectivity index (χ0n) is 8.08. The SMILES string of the molecule is Cc1cc(C2COc3cc(Br)[nH]c32)ns1. The molecule has 0 bridgehead atoms. The first-order valence-corrected chi connectivity index (χ1v) is 6.25. The van der Waals surface area contributed by atoms with E-state index >= 15 is 0 Å². The zero-order chi connectivity index (χ0) is 10.4. The number of H-pyrrole nitrogens is 1. The van der Waals surface area contributed by atoms with Crippen LogP contribution in [0.2, 0.25) is 0 Å². The van der Waals surface area contributed by atoms with E-state index in [9.17, 15) is 0 Å². The molecule has 1 N–H and O–H groups in total. The highest BCUT2D eigenvalue weighted by Crippen LogP contribution is 2.39. The third-order valence-electron chi connectivity index (χ3n) is 2.53. The number of aromatic nitrogens is 2. The van der Waals surface area contributed by atoms with Crippen LogP contribution in [-0.2, 0) is 0 Å². The fraction of sp³-hybridized carbons (Fsp3) is 0.300. The molecule has 1 unspecified atom stereocenters. The number of hydrogen-bond donors (Lipinski definition) is 1. The lowest BCUT2D eigenvalue weighted by Gasteiger charge is -2.03. The van der Waals surface area contributed by atoms with Crippen molar-refractivity contribution in [2.75, 3.05) is 6.61 Å². The average molecular weight is 285 g/mol.